The van der Waals surface area contributed by atoms with E-state index in [-0.39, 0.29) is 38.4 Å². The van der Waals surface area contributed by atoms with Crippen molar-refractivity contribution in [1.29, 1.82) is 0 Å². The molecule has 0 aromatic rings. The van der Waals surface area contributed by atoms with Gasteiger partial charge in [-0.15, -0.1) is 0 Å². The maximum absolute atomic E-state index is 12.9. The van der Waals surface area contributed by atoms with Crippen LogP contribution in [0.2, 0.25) is 0 Å². The molecule has 0 bridgehead atoms. The number of esters is 3. The molecule has 0 N–H and O–H groups in total. The largest absolute Gasteiger partial charge is 0.462 e. The Hall–Kier alpha value is -6.53. The molecule has 0 aromatic heterocycles. The monoisotopic (exact) mass is 1100 g/mol. The van der Waals surface area contributed by atoms with Crippen LogP contribution in [-0.2, 0) is 28.6 Å². The number of ether oxygens (including phenoxy) is 3. The first-order chi connectivity index (χ1) is 40.0. The molecule has 0 saturated carbocycles. The topological polar surface area (TPSA) is 78.9 Å². The van der Waals surface area contributed by atoms with E-state index in [1.54, 1.807) is 0 Å². The Morgan fingerprint density at radius 3 is 0.753 bits per heavy atom. The fourth-order valence-corrected chi connectivity index (χ4v) is 7.16. The van der Waals surface area contributed by atoms with Crippen molar-refractivity contribution in [3.63, 3.8) is 0 Å². The Balaban J connectivity index is 4.63. The SMILES string of the molecule is CC/C=C\C/C=C\C/C=C\C/C=C\C/C=C\C/C=C\C/C=C\C/C=C\CCCCC(=O)OCC(COC(=O)CC/C=C\C/C=C\C/C=C\C/C=C\CC)OC(=O)CCC/C=C\C/C=C\C/C=C\C/C=C\C/C=C\C/C=C\C/C=C\CC. The molecule has 0 aliphatic heterocycles. The first-order valence-corrected chi connectivity index (χ1v) is 30.9. The van der Waals surface area contributed by atoms with Gasteiger partial charge in [-0.25, -0.2) is 0 Å². The van der Waals surface area contributed by atoms with Crippen LogP contribution in [0.4, 0.5) is 0 Å². The Bertz CT molecular complexity index is 2090. The predicted octanol–water partition coefficient (Wildman–Crippen LogP) is 21.5. The van der Waals surface area contributed by atoms with Gasteiger partial charge in [-0.05, 0) is 161 Å². The first-order valence-electron chi connectivity index (χ1n) is 30.9. The molecular weight excluding hydrogens is 997 g/mol. The van der Waals surface area contributed by atoms with Crippen LogP contribution in [-0.4, -0.2) is 37.2 Å². The summed E-state index contributed by atoms with van der Waals surface area (Å²) in [5, 5.41) is 0. The smallest absolute Gasteiger partial charge is 0.306 e. The number of carbonyl (C=O) groups is 3. The highest BCUT2D eigenvalue weighted by atomic mass is 16.6. The van der Waals surface area contributed by atoms with Crippen molar-refractivity contribution in [3.8, 4) is 0 Å². The second-order valence-corrected chi connectivity index (χ2v) is 19.1. The minimum absolute atomic E-state index is 0.161. The van der Waals surface area contributed by atoms with Crippen molar-refractivity contribution in [3.05, 3.63) is 231 Å². The number of hydrogen-bond donors (Lipinski definition) is 0. The molecule has 0 fully saturated rings. The summed E-state index contributed by atoms with van der Waals surface area (Å²) in [6.07, 6.45) is 105. The third-order valence-corrected chi connectivity index (χ3v) is 11.7. The summed E-state index contributed by atoms with van der Waals surface area (Å²) in [6, 6.07) is 0. The number of hydrogen-bond acceptors (Lipinski definition) is 6. The standard InChI is InChI=1S/C75H108O6/c1-4-7-10-13-16-19-22-25-27-29-31-33-35-36-37-38-40-41-43-45-47-50-53-56-59-62-65-68-74(77)80-71-72(70-79-73(76)67-64-61-58-55-52-49-24-21-18-15-12-9-6-3)81-75(78)69-66-63-60-57-54-51-48-46-44-42-39-34-32-30-28-26-23-20-17-14-11-8-5-2/h7-12,16-21,25-28,31-34,36-37,40-42,44-45,47-49,51-53,56-58,60-61,72H,4-6,13-15,22-24,29-30,35,38-39,43,46,50,54-55,59,62-71H2,1-3H3/b10-7-,11-8-,12-9-,19-16-,20-17-,21-18-,27-25-,28-26-,33-31-,34-32-,37-36-,41-40-,44-42-,47-45-,51-48-,52-49-,56-53-,60-57-,61-58-. The lowest BCUT2D eigenvalue weighted by Gasteiger charge is -2.18. The molecule has 0 rings (SSSR count). The van der Waals surface area contributed by atoms with Crippen LogP contribution < -0.4 is 0 Å². The summed E-state index contributed by atoms with van der Waals surface area (Å²) in [5.41, 5.74) is 0. The van der Waals surface area contributed by atoms with E-state index in [4.69, 9.17) is 14.2 Å². The lowest BCUT2D eigenvalue weighted by molar-refractivity contribution is -0.166. The number of allylic oxidation sites excluding steroid dienone is 38. The average molecular weight is 1110 g/mol. The zero-order chi connectivity index (χ0) is 58.5. The van der Waals surface area contributed by atoms with E-state index in [0.717, 1.165) is 141 Å². The lowest BCUT2D eigenvalue weighted by Crippen LogP contribution is -2.30. The van der Waals surface area contributed by atoms with Gasteiger partial charge in [0.25, 0.3) is 0 Å². The van der Waals surface area contributed by atoms with Gasteiger partial charge >= 0.3 is 17.9 Å². The van der Waals surface area contributed by atoms with E-state index >= 15 is 0 Å². The summed E-state index contributed by atoms with van der Waals surface area (Å²) in [4.78, 5) is 38.2. The number of carbonyl (C=O) groups excluding carboxylic acids is 3. The summed E-state index contributed by atoms with van der Waals surface area (Å²) in [6.45, 7) is 6.11. The number of unbranched alkanes of at least 4 members (excludes halogenated alkanes) is 3. The molecule has 0 amide bonds. The zero-order valence-corrected chi connectivity index (χ0v) is 50.7. The second-order valence-electron chi connectivity index (χ2n) is 19.1. The molecule has 6 heteroatoms. The Kier molecular flexibility index (Phi) is 60.7. The average Bonchev–Trinajstić information content (AvgIpc) is 3.46. The normalized spacial score (nSPS) is 13.8. The molecule has 0 aliphatic carbocycles. The Morgan fingerprint density at radius 1 is 0.247 bits per heavy atom. The van der Waals surface area contributed by atoms with Crippen LogP contribution in [0.15, 0.2) is 231 Å². The molecule has 0 aromatic carbocycles. The molecule has 1 unspecified atom stereocenters. The maximum Gasteiger partial charge on any atom is 0.306 e. The highest BCUT2D eigenvalue weighted by Gasteiger charge is 2.19. The van der Waals surface area contributed by atoms with E-state index in [9.17, 15) is 14.4 Å². The van der Waals surface area contributed by atoms with E-state index in [1.165, 1.54) is 0 Å². The van der Waals surface area contributed by atoms with Crippen molar-refractivity contribution in [2.75, 3.05) is 13.2 Å². The zero-order valence-electron chi connectivity index (χ0n) is 50.7. The minimum atomic E-state index is -0.873. The van der Waals surface area contributed by atoms with Gasteiger partial charge in [0.2, 0.25) is 0 Å². The Morgan fingerprint density at radius 2 is 0.469 bits per heavy atom. The Labute approximate surface area is 494 Å². The maximum atomic E-state index is 12.9. The van der Waals surface area contributed by atoms with Gasteiger partial charge in [-0.2, -0.15) is 0 Å². The van der Waals surface area contributed by atoms with E-state index < -0.39 is 18.0 Å². The summed E-state index contributed by atoms with van der Waals surface area (Å²) in [5.74, 6) is -1.16. The van der Waals surface area contributed by atoms with Crippen molar-refractivity contribution >= 4 is 17.9 Å². The highest BCUT2D eigenvalue weighted by molar-refractivity contribution is 5.71. The molecule has 0 aliphatic rings. The van der Waals surface area contributed by atoms with E-state index in [0.29, 0.717) is 19.3 Å². The minimum Gasteiger partial charge on any atom is -0.462 e. The van der Waals surface area contributed by atoms with E-state index in [1.807, 2.05) is 12.2 Å². The molecule has 444 valence electrons. The molecular formula is C75H108O6. The first kappa shape index (κ1) is 74.5. The molecule has 0 spiro atoms. The van der Waals surface area contributed by atoms with Crippen molar-refractivity contribution < 1.29 is 28.6 Å². The van der Waals surface area contributed by atoms with Crippen LogP contribution in [0, 0.1) is 0 Å². The predicted molar refractivity (Wildman–Crippen MR) is 352 cm³/mol. The second kappa shape index (κ2) is 66.0. The van der Waals surface area contributed by atoms with Gasteiger partial charge in [-0.3, -0.25) is 14.4 Å². The van der Waals surface area contributed by atoms with Gasteiger partial charge in [0.15, 0.2) is 6.10 Å². The highest BCUT2D eigenvalue weighted by Crippen LogP contribution is 2.09. The van der Waals surface area contributed by atoms with Crippen LogP contribution in [0.25, 0.3) is 0 Å². The van der Waals surface area contributed by atoms with E-state index in [2.05, 4.69) is 240 Å². The molecule has 0 heterocycles. The van der Waals surface area contributed by atoms with Crippen molar-refractivity contribution in [2.24, 2.45) is 0 Å². The third kappa shape index (κ3) is 64.2. The van der Waals surface area contributed by atoms with Gasteiger partial charge in [0, 0.05) is 19.3 Å². The molecule has 0 radical (unpaired) electrons. The van der Waals surface area contributed by atoms with Crippen molar-refractivity contribution in [1.82, 2.24) is 0 Å². The third-order valence-electron chi connectivity index (χ3n) is 11.7. The molecule has 1 atom stereocenters. The van der Waals surface area contributed by atoms with Gasteiger partial charge in [-0.1, -0.05) is 252 Å². The van der Waals surface area contributed by atoms with Crippen LogP contribution in [0.5, 0.6) is 0 Å². The molecule has 6 nitrogen and oxygen atoms in total. The van der Waals surface area contributed by atoms with Gasteiger partial charge < -0.3 is 14.2 Å². The lowest BCUT2D eigenvalue weighted by atomic mass is 10.2. The summed E-state index contributed by atoms with van der Waals surface area (Å²) < 4.78 is 16.7. The number of rotatable bonds is 52. The van der Waals surface area contributed by atoms with Crippen molar-refractivity contribution in [2.45, 2.75) is 207 Å². The van der Waals surface area contributed by atoms with Crippen LogP contribution >= 0.6 is 0 Å². The van der Waals surface area contributed by atoms with Gasteiger partial charge in [0.1, 0.15) is 13.2 Å². The fourth-order valence-electron chi connectivity index (χ4n) is 7.16. The van der Waals surface area contributed by atoms with Gasteiger partial charge in [0.05, 0.1) is 0 Å². The van der Waals surface area contributed by atoms with Crippen LogP contribution in [0.1, 0.15) is 201 Å². The summed E-state index contributed by atoms with van der Waals surface area (Å²) >= 11 is 0. The summed E-state index contributed by atoms with van der Waals surface area (Å²) in [7, 11) is 0. The molecule has 0 saturated heterocycles. The fraction of sp³-hybridized carbons (Fsp3) is 0.453. The quantitative estimate of drug-likeness (QED) is 0.0261. The van der Waals surface area contributed by atoms with Crippen LogP contribution in [0.3, 0.4) is 0 Å². The molecule has 81 heavy (non-hydrogen) atoms.